The van der Waals surface area contributed by atoms with Gasteiger partial charge in [-0.3, -0.25) is 0 Å². The Labute approximate surface area is 121 Å². The number of sulfonamides is 1. The maximum atomic E-state index is 12.6. The molecule has 0 spiro atoms. The molecule has 1 aliphatic rings. The molecule has 0 aromatic heterocycles. The Morgan fingerprint density at radius 1 is 1.35 bits per heavy atom. The van der Waals surface area contributed by atoms with Crippen LogP contribution in [-0.4, -0.2) is 38.9 Å². The maximum Gasteiger partial charge on any atom is 0.243 e. The van der Waals surface area contributed by atoms with Gasteiger partial charge in [-0.15, -0.1) is 6.58 Å². The number of rotatable bonds is 8. The third-order valence-electron chi connectivity index (χ3n) is 3.46. The van der Waals surface area contributed by atoms with Gasteiger partial charge in [-0.25, -0.2) is 8.42 Å². The Kier molecular flexibility index (Phi) is 4.96. The van der Waals surface area contributed by atoms with Crippen molar-refractivity contribution in [2.24, 2.45) is 0 Å². The first-order valence-electron chi connectivity index (χ1n) is 6.96. The van der Waals surface area contributed by atoms with Crippen LogP contribution >= 0.6 is 0 Å². The first-order valence-corrected chi connectivity index (χ1v) is 8.40. The van der Waals surface area contributed by atoms with E-state index in [1.807, 2.05) is 19.2 Å². The van der Waals surface area contributed by atoms with Crippen molar-refractivity contribution in [1.82, 2.24) is 9.62 Å². The van der Waals surface area contributed by atoms with Crippen LogP contribution in [0.1, 0.15) is 18.4 Å². The Bertz CT molecular complexity index is 548. The highest BCUT2D eigenvalue weighted by atomic mass is 32.2. The summed E-state index contributed by atoms with van der Waals surface area (Å²) in [6.45, 7) is 4.92. The molecule has 0 heterocycles. The summed E-state index contributed by atoms with van der Waals surface area (Å²) in [5.74, 6) is 0. The van der Waals surface area contributed by atoms with E-state index in [4.69, 9.17) is 0 Å². The summed E-state index contributed by atoms with van der Waals surface area (Å²) in [6.07, 6.45) is 4.45. The van der Waals surface area contributed by atoms with Gasteiger partial charge in [0.25, 0.3) is 0 Å². The summed E-state index contributed by atoms with van der Waals surface area (Å²) in [5, 5.41) is 3.08. The smallest absolute Gasteiger partial charge is 0.243 e. The van der Waals surface area contributed by atoms with Crippen LogP contribution < -0.4 is 5.32 Å². The summed E-state index contributed by atoms with van der Waals surface area (Å²) < 4.78 is 26.7. The van der Waals surface area contributed by atoms with Gasteiger partial charge in [-0.2, -0.15) is 4.31 Å². The molecule has 0 aliphatic heterocycles. The van der Waals surface area contributed by atoms with Gasteiger partial charge in [0, 0.05) is 12.6 Å². The minimum absolute atomic E-state index is 0.155. The number of benzene rings is 1. The predicted molar refractivity (Wildman–Crippen MR) is 81.2 cm³/mol. The van der Waals surface area contributed by atoms with E-state index in [0.29, 0.717) is 11.4 Å². The molecule has 1 saturated carbocycles. The van der Waals surface area contributed by atoms with E-state index in [-0.39, 0.29) is 6.04 Å². The molecule has 0 amide bonds. The van der Waals surface area contributed by atoms with Gasteiger partial charge in [-0.1, -0.05) is 18.2 Å². The summed E-state index contributed by atoms with van der Waals surface area (Å²) in [4.78, 5) is 0.374. The molecular weight excluding hydrogens is 272 g/mol. The van der Waals surface area contributed by atoms with Crippen LogP contribution in [0.4, 0.5) is 0 Å². The Morgan fingerprint density at radius 3 is 2.50 bits per heavy atom. The highest BCUT2D eigenvalue weighted by molar-refractivity contribution is 7.89. The lowest BCUT2D eigenvalue weighted by Gasteiger charge is -2.20. The minimum atomic E-state index is -3.39. The predicted octanol–water partition coefficient (Wildman–Crippen LogP) is 1.79. The fraction of sp³-hybridized carbons (Fsp3) is 0.467. The minimum Gasteiger partial charge on any atom is -0.319 e. The largest absolute Gasteiger partial charge is 0.319 e. The molecule has 1 N–H and O–H groups in total. The number of nitrogens with zero attached hydrogens (tertiary/aromatic N) is 1. The van der Waals surface area contributed by atoms with Gasteiger partial charge in [-0.05, 0) is 50.6 Å². The van der Waals surface area contributed by atoms with Gasteiger partial charge in [0.2, 0.25) is 10.0 Å². The van der Waals surface area contributed by atoms with Crippen molar-refractivity contribution in [1.29, 1.82) is 0 Å². The van der Waals surface area contributed by atoms with Crippen molar-refractivity contribution < 1.29 is 8.42 Å². The lowest BCUT2D eigenvalue weighted by atomic mass is 10.1. The fourth-order valence-corrected chi connectivity index (χ4v) is 3.82. The van der Waals surface area contributed by atoms with Crippen molar-refractivity contribution in [2.75, 3.05) is 20.1 Å². The van der Waals surface area contributed by atoms with E-state index >= 15 is 0 Å². The highest BCUT2D eigenvalue weighted by Crippen LogP contribution is 2.31. The normalized spacial score (nSPS) is 15.5. The van der Waals surface area contributed by atoms with E-state index in [1.165, 1.54) is 0 Å². The van der Waals surface area contributed by atoms with Crippen LogP contribution in [0.5, 0.6) is 0 Å². The van der Waals surface area contributed by atoms with Crippen LogP contribution in [0.25, 0.3) is 0 Å². The first kappa shape index (κ1) is 15.2. The molecule has 1 aliphatic carbocycles. The molecule has 0 bridgehead atoms. The molecule has 0 radical (unpaired) electrons. The third-order valence-corrected chi connectivity index (χ3v) is 5.39. The van der Waals surface area contributed by atoms with Gasteiger partial charge >= 0.3 is 0 Å². The van der Waals surface area contributed by atoms with Gasteiger partial charge < -0.3 is 5.32 Å². The summed E-state index contributed by atoms with van der Waals surface area (Å²) in [6, 6.07) is 7.35. The number of nitrogens with one attached hydrogen (secondary N) is 1. The Balaban J connectivity index is 2.17. The third kappa shape index (κ3) is 3.48. The number of hydrogen-bond acceptors (Lipinski definition) is 3. The topological polar surface area (TPSA) is 49.4 Å². The van der Waals surface area contributed by atoms with E-state index in [9.17, 15) is 8.42 Å². The quantitative estimate of drug-likeness (QED) is 0.744. The number of hydrogen-bond donors (Lipinski definition) is 1. The van der Waals surface area contributed by atoms with Crippen molar-refractivity contribution in [3.8, 4) is 0 Å². The van der Waals surface area contributed by atoms with Crippen LogP contribution in [-0.2, 0) is 16.4 Å². The average Bonchev–Trinajstić information content (AvgIpc) is 3.27. The van der Waals surface area contributed by atoms with Gasteiger partial charge in [0.1, 0.15) is 0 Å². The second-order valence-electron chi connectivity index (χ2n) is 5.09. The molecule has 1 aromatic rings. The second-order valence-corrected chi connectivity index (χ2v) is 6.98. The van der Waals surface area contributed by atoms with Gasteiger partial charge in [0.15, 0.2) is 0 Å². The molecule has 2 rings (SSSR count). The summed E-state index contributed by atoms with van der Waals surface area (Å²) in [7, 11) is -1.49. The lowest BCUT2D eigenvalue weighted by molar-refractivity contribution is 0.436. The molecule has 4 nitrogen and oxygen atoms in total. The average molecular weight is 294 g/mol. The molecule has 1 aromatic carbocycles. The molecule has 0 unspecified atom stereocenters. The van der Waals surface area contributed by atoms with E-state index in [2.05, 4.69) is 11.9 Å². The molecule has 20 heavy (non-hydrogen) atoms. The van der Waals surface area contributed by atoms with Crippen molar-refractivity contribution in [2.45, 2.75) is 30.2 Å². The Hall–Kier alpha value is -1.17. The zero-order valence-corrected chi connectivity index (χ0v) is 12.7. The highest BCUT2D eigenvalue weighted by Gasteiger charge is 2.37. The SMILES string of the molecule is C=CCN(C1CC1)S(=O)(=O)c1ccc(CCNC)cc1. The molecule has 1 fully saturated rings. The molecule has 0 saturated heterocycles. The van der Waals surface area contributed by atoms with E-state index in [1.54, 1.807) is 22.5 Å². The number of likely N-dealkylation sites (N-methyl/N-ethyl adjacent to an activating group) is 1. The van der Waals surface area contributed by atoms with Crippen molar-refractivity contribution >= 4 is 10.0 Å². The van der Waals surface area contributed by atoms with Crippen molar-refractivity contribution in [3.05, 3.63) is 42.5 Å². The summed E-state index contributed by atoms with van der Waals surface area (Å²) >= 11 is 0. The van der Waals surface area contributed by atoms with Crippen LogP contribution in [0.3, 0.4) is 0 Å². The standard InChI is InChI=1S/C15H22N2O2S/c1-3-12-17(14-6-7-14)20(18,19)15-8-4-13(5-9-15)10-11-16-2/h3-5,8-9,14,16H,1,6-7,10-12H2,2H3. The molecule has 5 heteroatoms. The molecule has 110 valence electrons. The first-order chi connectivity index (χ1) is 9.59. The second kappa shape index (κ2) is 6.52. The van der Waals surface area contributed by atoms with Gasteiger partial charge in [0.05, 0.1) is 4.90 Å². The van der Waals surface area contributed by atoms with Crippen molar-refractivity contribution in [3.63, 3.8) is 0 Å². The van der Waals surface area contributed by atoms with E-state index in [0.717, 1.165) is 31.4 Å². The zero-order valence-electron chi connectivity index (χ0n) is 11.9. The van der Waals surface area contributed by atoms with Crippen LogP contribution in [0.2, 0.25) is 0 Å². The van der Waals surface area contributed by atoms with E-state index < -0.39 is 10.0 Å². The van der Waals surface area contributed by atoms with Crippen LogP contribution in [0.15, 0.2) is 41.8 Å². The Morgan fingerprint density at radius 2 is 2.00 bits per heavy atom. The maximum absolute atomic E-state index is 12.6. The summed E-state index contributed by atoms with van der Waals surface area (Å²) in [5.41, 5.74) is 1.14. The monoisotopic (exact) mass is 294 g/mol. The zero-order chi connectivity index (χ0) is 14.6. The lowest BCUT2D eigenvalue weighted by Crippen LogP contribution is -2.33. The fourth-order valence-electron chi connectivity index (χ4n) is 2.17. The molecular formula is C15H22N2O2S. The van der Waals surface area contributed by atoms with Crippen LogP contribution in [0, 0.1) is 0 Å². The molecule has 0 atom stereocenters.